The molecule has 0 heterocycles. The molecular weight excluding hydrogens is 264 g/mol. The Hall–Kier alpha value is -1.11. The maximum atomic E-state index is 12.1. The number of sulfonamides is 1. The fraction of sp³-hybridized carbons (Fsp3) is 0.538. The monoisotopic (exact) mass is 286 g/mol. The average Bonchev–Trinajstić information content (AvgIpc) is 2.36. The van der Waals surface area contributed by atoms with Crippen LogP contribution in [0.4, 0.5) is 5.69 Å². The molecule has 19 heavy (non-hydrogen) atoms. The molecule has 0 saturated heterocycles. The van der Waals surface area contributed by atoms with Gasteiger partial charge in [-0.15, -0.1) is 0 Å². The smallest absolute Gasteiger partial charge is 0.216 e. The first-order chi connectivity index (χ1) is 8.99. The van der Waals surface area contributed by atoms with E-state index >= 15 is 0 Å². The Kier molecular flexibility index (Phi) is 6.27. The van der Waals surface area contributed by atoms with Crippen LogP contribution in [-0.4, -0.2) is 38.2 Å². The summed E-state index contributed by atoms with van der Waals surface area (Å²) >= 11 is 0. The number of nitrogens with zero attached hydrogens (tertiary/aromatic N) is 1. The molecule has 0 aliphatic rings. The van der Waals surface area contributed by atoms with Gasteiger partial charge in [0, 0.05) is 25.4 Å². The maximum absolute atomic E-state index is 12.1. The standard InChI is InChI=1S/C13H22N2O3S/c1-3-15(19(16,17)9-8-18-4-2)11-12-6-5-7-13(14)10-12/h5-7,10H,3-4,8-9,11,14H2,1-2H3. The first-order valence-corrected chi connectivity index (χ1v) is 8.00. The Balaban J connectivity index is 2.72. The van der Waals surface area contributed by atoms with Crippen molar-refractivity contribution >= 4 is 15.7 Å². The van der Waals surface area contributed by atoms with E-state index in [1.54, 1.807) is 12.1 Å². The summed E-state index contributed by atoms with van der Waals surface area (Å²) in [4.78, 5) is 0. The predicted octanol–water partition coefficient (Wildman–Crippen LogP) is 1.46. The lowest BCUT2D eigenvalue weighted by molar-refractivity contribution is 0.162. The van der Waals surface area contributed by atoms with Crippen molar-refractivity contribution in [2.24, 2.45) is 0 Å². The zero-order valence-corrected chi connectivity index (χ0v) is 12.3. The molecule has 0 aromatic heterocycles. The van der Waals surface area contributed by atoms with E-state index in [4.69, 9.17) is 10.5 Å². The number of hydrogen-bond donors (Lipinski definition) is 1. The Morgan fingerprint density at radius 3 is 2.63 bits per heavy atom. The van der Waals surface area contributed by atoms with Crippen LogP contribution in [0.2, 0.25) is 0 Å². The number of benzene rings is 1. The van der Waals surface area contributed by atoms with Gasteiger partial charge in [-0.2, -0.15) is 4.31 Å². The number of ether oxygens (including phenoxy) is 1. The van der Waals surface area contributed by atoms with Crippen molar-refractivity contribution in [1.82, 2.24) is 4.31 Å². The van der Waals surface area contributed by atoms with Crippen LogP contribution in [-0.2, 0) is 21.3 Å². The molecule has 0 radical (unpaired) electrons. The molecule has 0 spiro atoms. The van der Waals surface area contributed by atoms with Gasteiger partial charge < -0.3 is 10.5 Å². The lowest BCUT2D eigenvalue weighted by atomic mass is 10.2. The van der Waals surface area contributed by atoms with Gasteiger partial charge in [0.05, 0.1) is 12.4 Å². The third-order valence-electron chi connectivity index (χ3n) is 2.75. The average molecular weight is 286 g/mol. The van der Waals surface area contributed by atoms with Gasteiger partial charge in [-0.3, -0.25) is 0 Å². The molecule has 0 fully saturated rings. The highest BCUT2D eigenvalue weighted by Crippen LogP contribution is 2.12. The molecule has 6 heteroatoms. The molecule has 0 aliphatic heterocycles. The normalized spacial score (nSPS) is 11.9. The predicted molar refractivity (Wildman–Crippen MR) is 77.2 cm³/mol. The van der Waals surface area contributed by atoms with E-state index in [1.807, 2.05) is 26.0 Å². The minimum Gasteiger partial charge on any atom is -0.399 e. The van der Waals surface area contributed by atoms with Crippen LogP contribution in [0.1, 0.15) is 19.4 Å². The quantitative estimate of drug-likeness (QED) is 0.580. The van der Waals surface area contributed by atoms with Gasteiger partial charge in [-0.1, -0.05) is 19.1 Å². The van der Waals surface area contributed by atoms with Gasteiger partial charge in [0.2, 0.25) is 10.0 Å². The van der Waals surface area contributed by atoms with Crippen LogP contribution in [0.3, 0.4) is 0 Å². The fourth-order valence-electron chi connectivity index (χ4n) is 1.74. The van der Waals surface area contributed by atoms with Crippen molar-refractivity contribution in [2.75, 3.05) is 31.2 Å². The molecule has 1 rings (SSSR count). The number of anilines is 1. The summed E-state index contributed by atoms with van der Waals surface area (Å²) in [6, 6.07) is 7.27. The third kappa shape index (κ3) is 5.18. The highest BCUT2D eigenvalue weighted by Gasteiger charge is 2.20. The van der Waals surface area contributed by atoms with Gasteiger partial charge in [-0.25, -0.2) is 8.42 Å². The Labute approximate surface area is 115 Å². The highest BCUT2D eigenvalue weighted by molar-refractivity contribution is 7.89. The largest absolute Gasteiger partial charge is 0.399 e. The van der Waals surface area contributed by atoms with E-state index < -0.39 is 10.0 Å². The molecule has 0 unspecified atom stereocenters. The van der Waals surface area contributed by atoms with Crippen molar-refractivity contribution in [2.45, 2.75) is 20.4 Å². The Bertz CT molecular complexity index is 488. The number of rotatable bonds is 8. The van der Waals surface area contributed by atoms with Crippen LogP contribution in [0.25, 0.3) is 0 Å². The van der Waals surface area contributed by atoms with Crippen LogP contribution < -0.4 is 5.73 Å². The molecule has 1 aromatic rings. The van der Waals surface area contributed by atoms with Gasteiger partial charge in [-0.05, 0) is 24.6 Å². The molecule has 108 valence electrons. The fourth-order valence-corrected chi connectivity index (χ4v) is 3.07. The zero-order valence-electron chi connectivity index (χ0n) is 11.5. The van der Waals surface area contributed by atoms with E-state index in [2.05, 4.69) is 0 Å². The molecule has 2 N–H and O–H groups in total. The van der Waals surface area contributed by atoms with Crippen molar-refractivity contribution in [3.05, 3.63) is 29.8 Å². The highest BCUT2D eigenvalue weighted by atomic mass is 32.2. The Morgan fingerprint density at radius 1 is 1.32 bits per heavy atom. The van der Waals surface area contributed by atoms with Gasteiger partial charge in [0.25, 0.3) is 0 Å². The summed E-state index contributed by atoms with van der Waals surface area (Å²) in [5.41, 5.74) is 7.22. The summed E-state index contributed by atoms with van der Waals surface area (Å²) in [6.07, 6.45) is 0. The second-order valence-electron chi connectivity index (χ2n) is 4.18. The first-order valence-electron chi connectivity index (χ1n) is 6.39. The second kappa shape index (κ2) is 7.47. The van der Waals surface area contributed by atoms with Crippen molar-refractivity contribution in [1.29, 1.82) is 0 Å². The van der Waals surface area contributed by atoms with Crippen LogP contribution in [0.5, 0.6) is 0 Å². The second-order valence-corrected chi connectivity index (χ2v) is 6.27. The maximum Gasteiger partial charge on any atom is 0.216 e. The van der Waals surface area contributed by atoms with Crippen molar-refractivity contribution in [3.63, 3.8) is 0 Å². The molecule has 5 nitrogen and oxygen atoms in total. The van der Waals surface area contributed by atoms with E-state index in [9.17, 15) is 8.42 Å². The molecule has 0 aliphatic carbocycles. The number of hydrogen-bond acceptors (Lipinski definition) is 4. The number of nitrogens with two attached hydrogens (primary N) is 1. The number of nitrogen functional groups attached to an aromatic ring is 1. The third-order valence-corrected chi connectivity index (χ3v) is 4.60. The molecule has 0 saturated carbocycles. The summed E-state index contributed by atoms with van der Waals surface area (Å²) in [7, 11) is -3.29. The van der Waals surface area contributed by atoms with E-state index in [-0.39, 0.29) is 12.4 Å². The van der Waals surface area contributed by atoms with E-state index in [1.165, 1.54) is 4.31 Å². The van der Waals surface area contributed by atoms with E-state index in [0.717, 1.165) is 5.56 Å². The molecule has 0 amide bonds. The molecule has 0 atom stereocenters. The van der Waals surface area contributed by atoms with Crippen LogP contribution in [0.15, 0.2) is 24.3 Å². The lowest BCUT2D eigenvalue weighted by Gasteiger charge is -2.20. The van der Waals surface area contributed by atoms with Crippen molar-refractivity contribution < 1.29 is 13.2 Å². The summed E-state index contributed by atoms with van der Waals surface area (Å²) < 4.78 is 30.8. The molecular formula is C13H22N2O3S. The summed E-state index contributed by atoms with van der Waals surface area (Å²) in [5, 5.41) is 0. The summed E-state index contributed by atoms with van der Waals surface area (Å²) in [5.74, 6) is 0.0109. The Morgan fingerprint density at radius 2 is 2.05 bits per heavy atom. The lowest BCUT2D eigenvalue weighted by Crippen LogP contribution is -2.33. The molecule has 0 bridgehead atoms. The topological polar surface area (TPSA) is 72.6 Å². The summed E-state index contributed by atoms with van der Waals surface area (Å²) in [6.45, 7) is 5.20. The minimum atomic E-state index is -3.29. The molecule has 1 aromatic carbocycles. The van der Waals surface area contributed by atoms with Crippen LogP contribution in [0, 0.1) is 0 Å². The first kappa shape index (κ1) is 15.9. The zero-order chi connectivity index (χ0) is 14.3. The SMILES string of the molecule is CCOCCS(=O)(=O)N(CC)Cc1cccc(N)c1. The van der Waals surface area contributed by atoms with E-state index in [0.29, 0.717) is 25.4 Å². The van der Waals surface area contributed by atoms with Crippen LogP contribution >= 0.6 is 0 Å². The van der Waals surface area contributed by atoms with Gasteiger partial charge >= 0.3 is 0 Å². The van der Waals surface area contributed by atoms with Crippen molar-refractivity contribution in [3.8, 4) is 0 Å². The minimum absolute atomic E-state index is 0.0109. The van der Waals surface area contributed by atoms with Gasteiger partial charge in [0.1, 0.15) is 0 Å². The van der Waals surface area contributed by atoms with Gasteiger partial charge in [0.15, 0.2) is 0 Å².